The van der Waals surface area contributed by atoms with Gasteiger partial charge in [0.15, 0.2) is 5.82 Å². The molecule has 2 aromatic heterocycles. The molecule has 1 fully saturated rings. The van der Waals surface area contributed by atoms with Crippen LogP contribution in [0.25, 0.3) is 5.69 Å². The minimum Gasteiger partial charge on any atom is -0.354 e. The number of nitrogens with zero attached hydrogens (tertiary/aromatic N) is 8. The van der Waals surface area contributed by atoms with E-state index in [1.54, 1.807) is 0 Å². The molecule has 0 saturated carbocycles. The second kappa shape index (κ2) is 8.02. The summed E-state index contributed by atoms with van der Waals surface area (Å²) in [4.78, 5) is 14.1. The quantitative estimate of drug-likeness (QED) is 0.674. The molecule has 1 saturated heterocycles. The first-order chi connectivity index (χ1) is 13.6. The number of rotatable bonds is 5. The van der Waals surface area contributed by atoms with Crippen LogP contribution in [0.15, 0.2) is 36.4 Å². The van der Waals surface area contributed by atoms with Crippen LogP contribution in [0.1, 0.15) is 37.1 Å². The van der Waals surface area contributed by atoms with Crippen molar-refractivity contribution >= 4 is 5.82 Å². The smallest absolute Gasteiger partial charge is 0.170 e. The van der Waals surface area contributed by atoms with Crippen molar-refractivity contribution in [3.05, 3.63) is 53.7 Å². The molecule has 0 atom stereocenters. The van der Waals surface area contributed by atoms with Crippen molar-refractivity contribution in [3.8, 4) is 5.69 Å². The Bertz CT molecular complexity index is 913. The van der Waals surface area contributed by atoms with Crippen molar-refractivity contribution in [2.45, 2.75) is 33.2 Å². The average Bonchev–Trinajstić information content (AvgIpc) is 3.17. The summed E-state index contributed by atoms with van der Waals surface area (Å²) in [5.74, 6) is 3.14. The standard InChI is InChI=1S/C20H26N8/c1-15(2)20-21-16(3)13-18(22-20)27-11-9-26(10-12-27)14-19-23-24-25-28(19)17-7-5-4-6-8-17/h4-8,13,15H,9-12,14H2,1-3H3. The van der Waals surface area contributed by atoms with Gasteiger partial charge in [0.1, 0.15) is 11.6 Å². The van der Waals surface area contributed by atoms with E-state index in [1.807, 2.05) is 41.9 Å². The first-order valence-electron chi connectivity index (χ1n) is 9.75. The van der Waals surface area contributed by atoms with Crippen molar-refractivity contribution < 1.29 is 0 Å². The molecule has 0 N–H and O–H groups in total. The Morgan fingerprint density at radius 3 is 2.46 bits per heavy atom. The second-order valence-electron chi connectivity index (χ2n) is 7.49. The number of aryl methyl sites for hydroxylation is 1. The third kappa shape index (κ3) is 4.01. The van der Waals surface area contributed by atoms with Crippen molar-refractivity contribution in [1.82, 2.24) is 35.1 Å². The Morgan fingerprint density at radius 2 is 1.75 bits per heavy atom. The number of tetrazole rings is 1. The molecule has 0 bridgehead atoms. The third-order valence-corrected chi connectivity index (χ3v) is 4.97. The minimum absolute atomic E-state index is 0.330. The molecule has 4 rings (SSSR count). The first-order valence-corrected chi connectivity index (χ1v) is 9.75. The van der Waals surface area contributed by atoms with Crippen molar-refractivity contribution in [2.24, 2.45) is 0 Å². The van der Waals surface area contributed by atoms with Gasteiger partial charge < -0.3 is 4.90 Å². The molecule has 0 aliphatic carbocycles. The lowest BCUT2D eigenvalue weighted by Gasteiger charge is -2.35. The van der Waals surface area contributed by atoms with Crippen LogP contribution in [-0.4, -0.2) is 61.3 Å². The Balaban J connectivity index is 1.41. The summed E-state index contributed by atoms with van der Waals surface area (Å²) in [5, 5.41) is 12.3. The van der Waals surface area contributed by atoms with Gasteiger partial charge in [0.05, 0.1) is 12.2 Å². The summed E-state index contributed by atoms with van der Waals surface area (Å²) in [6.45, 7) is 10.8. The van der Waals surface area contributed by atoms with E-state index in [1.165, 1.54) is 0 Å². The summed E-state index contributed by atoms with van der Waals surface area (Å²) in [6, 6.07) is 12.1. The lowest BCUT2D eigenvalue weighted by molar-refractivity contribution is 0.241. The molecule has 8 nitrogen and oxygen atoms in total. The number of benzene rings is 1. The maximum Gasteiger partial charge on any atom is 0.170 e. The Kier molecular flexibility index (Phi) is 5.29. The maximum absolute atomic E-state index is 4.77. The normalized spacial score (nSPS) is 15.4. The number of hydrogen-bond donors (Lipinski definition) is 0. The molecular weight excluding hydrogens is 352 g/mol. The van der Waals surface area contributed by atoms with E-state index in [0.29, 0.717) is 5.92 Å². The topological polar surface area (TPSA) is 75.9 Å². The van der Waals surface area contributed by atoms with E-state index >= 15 is 0 Å². The van der Waals surface area contributed by atoms with Crippen LogP contribution in [0.3, 0.4) is 0 Å². The Labute approximate surface area is 165 Å². The zero-order chi connectivity index (χ0) is 19.5. The van der Waals surface area contributed by atoms with Crippen molar-refractivity contribution in [3.63, 3.8) is 0 Å². The highest BCUT2D eigenvalue weighted by molar-refractivity contribution is 5.40. The van der Waals surface area contributed by atoms with Gasteiger partial charge in [-0.15, -0.1) is 5.10 Å². The third-order valence-electron chi connectivity index (χ3n) is 4.97. The summed E-state index contributed by atoms with van der Waals surface area (Å²) < 4.78 is 1.81. The largest absolute Gasteiger partial charge is 0.354 e. The number of hydrogen-bond acceptors (Lipinski definition) is 7. The molecule has 0 amide bonds. The lowest BCUT2D eigenvalue weighted by Crippen LogP contribution is -2.46. The monoisotopic (exact) mass is 378 g/mol. The number of para-hydroxylation sites is 1. The zero-order valence-electron chi connectivity index (χ0n) is 16.7. The maximum atomic E-state index is 4.77. The minimum atomic E-state index is 0.330. The van der Waals surface area contributed by atoms with Crippen molar-refractivity contribution in [2.75, 3.05) is 31.1 Å². The predicted molar refractivity (Wildman–Crippen MR) is 108 cm³/mol. The molecule has 28 heavy (non-hydrogen) atoms. The number of aromatic nitrogens is 6. The van der Waals surface area contributed by atoms with Crippen LogP contribution in [0.4, 0.5) is 5.82 Å². The Morgan fingerprint density at radius 1 is 1.00 bits per heavy atom. The molecule has 3 heterocycles. The zero-order valence-corrected chi connectivity index (χ0v) is 16.7. The fourth-order valence-corrected chi connectivity index (χ4v) is 3.40. The molecular formula is C20H26N8. The van der Waals surface area contributed by atoms with Gasteiger partial charge in [0, 0.05) is 43.9 Å². The van der Waals surface area contributed by atoms with Crippen LogP contribution < -0.4 is 4.90 Å². The molecule has 1 aliphatic heterocycles. The Hall–Kier alpha value is -2.87. The fraction of sp³-hybridized carbons (Fsp3) is 0.450. The van der Waals surface area contributed by atoms with Crippen LogP contribution in [0.5, 0.6) is 0 Å². The van der Waals surface area contributed by atoms with Crippen molar-refractivity contribution in [1.29, 1.82) is 0 Å². The SMILES string of the molecule is Cc1cc(N2CCN(Cc3nnnn3-c3ccccc3)CC2)nc(C(C)C)n1. The summed E-state index contributed by atoms with van der Waals surface area (Å²) >= 11 is 0. The van der Waals surface area contributed by atoms with Gasteiger partial charge in [0.25, 0.3) is 0 Å². The van der Waals surface area contributed by atoms with Gasteiger partial charge in [-0.3, -0.25) is 4.90 Å². The molecule has 1 aliphatic rings. The van der Waals surface area contributed by atoms with E-state index < -0.39 is 0 Å². The fourth-order valence-electron chi connectivity index (χ4n) is 3.40. The molecule has 0 unspecified atom stereocenters. The molecule has 1 aromatic carbocycles. The highest BCUT2D eigenvalue weighted by Gasteiger charge is 2.21. The van der Waals surface area contributed by atoms with Gasteiger partial charge in [-0.1, -0.05) is 32.0 Å². The lowest BCUT2D eigenvalue weighted by atomic mass is 10.2. The number of piperazine rings is 1. The molecule has 0 radical (unpaired) electrons. The van der Waals surface area contributed by atoms with E-state index in [4.69, 9.17) is 4.98 Å². The number of anilines is 1. The van der Waals surface area contributed by atoms with Crippen LogP contribution in [0, 0.1) is 6.92 Å². The molecule has 0 spiro atoms. The summed E-state index contributed by atoms with van der Waals surface area (Å²) in [5.41, 5.74) is 2.01. The van der Waals surface area contributed by atoms with Gasteiger partial charge in [-0.2, -0.15) is 4.68 Å². The van der Waals surface area contributed by atoms with E-state index in [2.05, 4.69) is 50.2 Å². The van der Waals surface area contributed by atoms with E-state index in [0.717, 1.165) is 61.6 Å². The van der Waals surface area contributed by atoms with Gasteiger partial charge in [-0.25, -0.2) is 9.97 Å². The highest BCUT2D eigenvalue weighted by atomic mass is 15.5. The molecule has 3 aromatic rings. The highest BCUT2D eigenvalue weighted by Crippen LogP contribution is 2.19. The molecule has 146 valence electrons. The van der Waals surface area contributed by atoms with Gasteiger partial charge in [0.2, 0.25) is 0 Å². The second-order valence-corrected chi connectivity index (χ2v) is 7.49. The molecule has 8 heteroatoms. The van der Waals surface area contributed by atoms with Crippen LogP contribution >= 0.6 is 0 Å². The average molecular weight is 378 g/mol. The summed E-state index contributed by atoms with van der Waals surface area (Å²) in [6.07, 6.45) is 0. The van der Waals surface area contributed by atoms with E-state index in [9.17, 15) is 0 Å². The van der Waals surface area contributed by atoms with Gasteiger partial charge >= 0.3 is 0 Å². The van der Waals surface area contributed by atoms with Gasteiger partial charge in [-0.05, 0) is 29.5 Å². The predicted octanol–water partition coefficient (Wildman–Crippen LogP) is 2.21. The first kappa shape index (κ1) is 18.5. The van der Waals surface area contributed by atoms with E-state index in [-0.39, 0.29) is 0 Å². The van der Waals surface area contributed by atoms with Crippen LogP contribution in [-0.2, 0) is 6.54 Å². The van der Waals surface area contributed by atoms with Crippen LogP contribution in [0.2, 0.25) is 0 Å². The summed E-state index contributed by atoms with van der Waals surface area (Å²) in [7, 11) is 0.